The van der Waals surface area contributed by atoms with E-state index in [9.17, 15) is 14.0 Å². The topological polar surface area (TPSA) is 55.8 Å². The standard InChI is InChI=1S/C20H26FNO4/c1-12(23)16-6-5-7-17(18(16)21)25-15-10-13-8-9-14(11-15)22(13)19(24)26-20(2,3)4/h5-7,13-15H,8-11H2,1-4H3/t13-,14+,15?. The third kappa shape index (κ3) is 3.84. The Morgan fingerprint density at radius 1 is 1.15 bits per heavy atom. The van der Waals surface area contributed by atoms with Crippen LogP contribution in [0.5, 0.6) is 5.75 Å². The van der Waals surface area contributed by atoms with Crippen LogP contribution < -0.4 is 4.74 Å². The number of hydrogen-bond donors (Lipinski definition) is 0. The van der Waals surface area contributed by atoms with E-state index in [2.05, 4.69) is 0 Å². The zero-order valence-corrected chi connectivity index (χ0v) is 15.8. The molecule has 3 atom stereocenters. The van der Waals surface area contributed by atoms with Gasteiger partial charge in [-0.25, -0.2) is 9.18 Å². The predicted molar refractivity (Wildman–Crippen MR) is 94.9 cm³/mol. The molecule has 5 nitrogen and oxygen atoms in total. The summed E-state index contributed by atoms with van der Waals surface area (Å²) in [6.45, 7) is 6.90. The van der Waals surface area contributed by atoms with Crippen LogP contribution in [0.25, 0.3) is 0 Å². The zero-order chi connectivity index (χ0) is 19.1. The van der Waals surface area contributed by atoms with Crippen molar-refractivity contribution in [2.75, 3.05) is 0 Å². The van der Waals surface area contributed by atoms with E-state index in [1.54, 1.807) is 12.1 Å². The highest BCUT2D eigenvalue weighted by molar-refractivity contribution is 5.94. The van der Waals surface area contributed by atoms with Gasteiger partial charge in [-0.1, -0.05) is 6.07 Å². The third-order valence-electron chi connectivity index (χ3n) is 4.93. The van der Waals surface area contributed by atoms with Crippen LogP contribution in [0.1, 0.15) is 63.7 Å². The summed E-state index contributed by atoms with van der Waals surface area (Å²) in [5, 5.41) is 0. The van der Waals surface area contributed by atoms with Crippen LogP contribution in [0, 0.1) is 5.82 Å². The predicted octanol–water partition coefficient (Wildman–Crippen LogP) is 4.34. The van der Waals surface area contributed by atoms with Crippen LogP contribution in [0.2, 0.25) is 0 Å². The number of ketones is 1. The largest absolute Gasteiger partial charge is 0.487 e. The Hall–Kier alpha value is -2.11. The highest BCUT2D eigenvalue weighted by Crippen LogP contribution is 2.38. The van der Waals surface area contributed by atoms with Gasteiger partial charge in [-0.3, -0.25) is 4.79 Å². The van der Waals surface area contributed by atoms with Crippen LogP contribution in [-0.2, 0) is 4.74 Å². The maximum absolute atomic E-state index is 14.4. The van der Waals surface area contributed by atoms with Crippen molar-refractivity contribution in [2.24, 2.45) is 0 Å². The summed E-state index contributed by atoms with van der Waals surface area (Å²) < 4.78 is 25.9. The van der Waals surface area contributed by atoms with Crippen LogP contribution >= 0.6 is 0 Å². The normalized spacial score (nSPS) is 25.1. The Balaban J connectivity index is 1.69. The number of carbonyl (C=O) groups excluding carboxylic acids is 2. The molecule has 0 saturated carbocycles. The van der Waals surface area contributed by atoms with Gasteiger partial charge >= 0.3 is 6.09 Å². The van der Waals surface area contributed by atoms with E-state index in [1.165, 1.54) is 13.0 Å². The van der Waals surface area contributed by atoms with Crippen molar-refractivity contribution in [1.82, 2.24) is 4.90 Å². The highest BCUT2D eigenvalue weighted by atomic mass is 19.1. The lowest BCUT2D eigenvalue weighted by atomic mass is 10.00. The number of benzene rings is 1. The van der Waals surface area contributed by atoms with Crippen molar-refractivity contribution in [1.29, 1.82) is 0 Å². The lowest BCUT2D eigenvalue weighted by Gasteiger charge is -2.39. The van der Waals surface area contributed by atoms with Crippen molar-refractivity contribution in [2.45, 2.75) is 77.2 Å². The molecule has 2 saturated heterocycles. The number of fused-ring (bicyclic) bond motifs is 2. The van der Waals surface area contributed by atoms with E-state index >= 15 is 0 Å². The van der Waals surface area contributed by atoms with E-state index in [0.717, 1.165) is 12.8 Å². The molecular formula is C20H26FNO4. The Morgan fingerprint density at radius 3 is 2.31 bits per heavy atom. The van der Waals surface area contributed by atoms with Gasteiger partial charge in [0.15, 0.2) is 17.3 Å². The SMILES string of the molecule is CC(=O)c1cccc(OC2C[C@H]3CC[C@@H](C2)N3C(=O)OC(C)(C)C)c1F. The molecule has 0 N–H and O–H groups in total. The minimum absolute atomic E-state index is 0.0386. The smallest absolute Gasteiger partial charge is 0.410 e. The Bertz CT molecular complexity index is 698. The van der Waals surface area contributed by atoms with Gasteiger partial charge in [0.25, 0.3) is 0 Å². The van der Waals surface area contributed by atoms with Gasteiger partial charge in [-0.2, -0.15) is 0 Å². The Labute approximate surface area is 153 Å². The molecule has 26 heavy (non-hydrogen) atoms. The van der Waals surface area contributed by atoms with E-state index in [4.69, 9.17) is 9.47 Å². The fourth-order valence-corrected chi connectivity index (χ4v) is 3.89. The number of piperidine rings is 1. The van der Waals surface area contributed by atoms with Gasteiger partial charge in [0.05, 0.1) is 5.56 Å². The molecule has 2 heterocycles. The molecule has 2 aliphatic heterocycles. The molecule has 2 aliphatic rings. The summed E-state index contributed by atoms with van der Waals surface area (Å²) in [6, 6.07) is 4.73. The monoisotopic (exact) mass is 363 g/mol. The molecule has 2 fully saturated rings. The number of halogens is 1. The molecule has 1 aromatic carbocycles. The zero-order valence-electron chi connectivity index (χ0n) is 15.8. The summed E-state index contributed by atoms with van der Waals surface area (Å²) in [6.07, 6.45) is 2.62. The molecule has 6 heteroatoms. The molecular weight excluding hydrogens is 337 g/mol. The first-order valence-electron chi connectivity index (χ1n) is 9.13. The number of ether oxygens (including phenoxy) is 2. The molecule has 0 spiro atoms. The minimum atomic E-state index is -0.609. The van der Waals surface area contributed by atoms with Gasteiger partial charge in [0.2, 0.25) is 0 Å². The van der Waals surface area contributed by atoms with Crippen LogP contribution in [0.4, 0.5) is 9.18 Å². The fourth-order valence-electron chi connectivity index (χ4n) is 3.89. The second-order valence-electron chi connectivity index (χ2n) is 8.16. The van der Waals surface area contributed by atoms with Crippen molar-refractivity contribution in [3.05, 3.63) is 29.6 Å². The number of carbonyl (C=O) groups is 2. The van der Waals surface area contributed by atoms with Crippen molar-refractivity contribution < 1.29 is 23.5 Å². The van der Waals surface area contributed by atoms with Crippen molar-refractivity contribution >= 4 is 11.9 Å². The lowest BCUT2D eigenvalue weighted by Crippen LogP contribution is -2.50. The highest BCUT2D eigenvalue weighted by Gasteiger charge is 2.45. The summed E-state index contributed by atoms with van der Waals surface area (Å²) in [4.78, 5) is 25.8. The van der Waals surface area contributed by atoms with Gasteiger partial charge < -0.3 is 14.4 Å². The minimum Gasteiger partial charge on any atom is -0.487 e. The number of Topliss-reactive ketones (excluding diaryl/α,β-unsaturated/α-hetero) is 1. The van der Waals surface area contributed by atoms with Gasteiger partial charge in [-0.05, 0) is 52.7 Å². The second-order valence-corrected chi connectivity index (χ2v) is 8.16. The van der Waals surface area contributed by atoms with Crippen LogP contribution in [0.3, 0.4) is 0 Å². The van der Waals surface area contributed by atoms with Gasteiger partial charge in [0.1, 0.15) is 11.7 Å². The quantitative estimate of drug-likeness (QED) is 0.750. The molecule has 0 radical (unpaired) electrons. The van der Waals surface area contributed by atoms with E-state index < -0.39 is 11.4 Å². The van der Waals surface area contributed by atoms with E-state index in [0.29, 0.717) is 12.8 Å². The summed E-state index contributed by atoms with van der Waals surface area (Å²) in [5.41, 5.74) is -0.489. The van der Waals surface area contributed by atoms with Gasteiger partial charge in [-0.15, -0.1) is 0 Å². The molecule has 1 amide bonds. The van der Waals surface area contributed by atoms with Crippen LogP contribution in [-0.4, -0.2) is 40.6 Å². The fraction of sp³-hybridized carbons (Fsp3) is 0.600. The average molecular weight is 363 g/mol. The number of amides is 1. The molecule has 2 bridgehead atoms. The average Bonchev–Trinajstić information content (AvgIpc) is 2.79. The first-order chi connectivity index (χ1) is 12.2. The number of rotatable bonds is 3. The lowest BCUT2D eigenvalue weighted by molar-refractivity contribution is -0.00757. The first-order valence-corrected chi connectivity index (χ1v) is 9.13. The van der Waals surface area contributed by atoms with Crippen molar-refractivity contribution in [3.8, 4) is 5.75 Å². The molecule has 0 aromatic heterocycles. The third-order valence-corrected chi connectivity index (χ3v) is 4.93. The van der Waals surface area contributed by atoms with E-state index in [1.807, 2.05) is 25.7 Å². The van der Waals surface area contributed by atoms with Gasteiger partial charge in [0, 0.05) is 24.9 Å². The maximum Gasteiger partial charge on any atom is 0.410 e. The summed E-state index contributed by atoms with van der Waals surface area (Å²) >= 11 is 0. The molecule has 142 valence electrons. The number of nitrogens with zero attached hydrogens (tertiary/aromatic N) is 1. The second kappa shape index (κ2) is 6.89. The molecule has 0 aliphatic carbocycles. The molecule has 1 unspecified atom stereocenters. The summed E-state index contributed by atoms with van der Waals surface area (Å²) in [5.74, 6) is -0.831. The molecule has 1 aromatic rings. The van der Waals surface area contributed by atoms with Crippen LogP contribution in [0.15, 0.2) is 18.2 Å². The first kappa shape index (κ1) is 18.7. The Morgan fingerprint density at radius 2 is 1.77 bits per heavy atom. The number of hydrogen-bond acceptors (Lipinski definition) is 4. The Kier molecular flexibility index (Phi) is 4.95. The summed E-state index contributed by atoms with van der Waals surface area (Å²) in [7, 11) is 0. The maximum atomic E-state index is 14.4. The molecule has 3 rings (SSSR count). The van der Waals surface area contributed by atoms with E-state index in [-0.39, 0.29) is 41.4 Å². The van der Waals surface area contributed by atoms with Crippen molar-refractivity contribution in [3.63, 3.8) is 0 Å².